The van der Waals surface area contributed by atoms with Crippen LogP contribution in [0, 0.1) is 25.2 Å². The quantitative estimate of drug-likeness (QED) is 0.273. The second kappa shape index (κ2) is 10.7. The standard InChI is InChI=1S/C27H26BrN5O2/c1-4-5-6-26-31-25-12-7-21(28)16-24(25)27(34)33(26)30-17-20-15-18(2)32(19(20)3)22-8-10-23(11-9-22)35-14-13-29/h7-12,15-17H,4-6,14H2,1-3H3. The second-order valence-corrected chi connectivity index (χ2v) is 9.17. The molecule has 2 aromatic heterocycles. The molecule has 0 fully saturated rings. The van der Waals surface area contributed by atoms with Gasteiger partial charge in [-0.2, -0.15) is 15.0 Å². The zero-order valence-corrected chi connectivity index (χ0v) is 21.5. The lowest BCUT2D eigenvalue weighted by atomic mass is 10.2. The van der Waals surface area contributed by atoms with E-state index in [0.717, 1.165) is 40.0 Å². The predicted molar refractivity (Wildman–Crippen MR) is 142 cm³/mol. The topological polar surface area (TPSA) is 85.2 Å². The van der Waals surface area contributed by atoms with E-state index in [1.165, 1.54) is 4.68 Å². The monoisotopic (exact) mass is 531 g/mol. The van der Waals surface area contributed by atoms with Crippen molar-refractivity contribution in [2.75, 3.05) is 6.61 Å². The number of fused-ring (bicyclic) bond motifs is 1. The van der Waals surface area contributed by atoms with Crippen LogP contribution in [-0.2, 0) is 6.42 Å². The maximum atomic E-state index is 13.3. The first-order chi connectivity index (χ1) is 16.9. The minimum Gasteiger partial charge on any atom is -0.479 e. The van der Waals surface area contributed by atoms with Gasteiger partial charge in [-0.1, -0.05) is 29.3 Å². The Balaban J connectivity index is 1.72. The van der Waals surface area contributed by atoms with Gasteiger partial charge in [0, 0.05) is 33.5 Å². The Kier molecular flexibility index (Phi) is 7.47. The van der Waals surface area contributed by atoms with Crippen molar-refractivity contribution in [2.24, 2.45) is 5.10 Å². The minimum atomic E-state index is -0.180. The number of rotatable bonds is 8. The molecular formula is C27H26BrN5O2. The smallest absolute Gasteiger partial charge is 0.282 e. The summed E-state index contributed by atoms with van der Waals surface area (Å²) < 4.78 is 9.73. The molecule has 0 atom stereocenters. The van der Waals surface area contributed by atoms with Crippen molar-refractivity contribution in [2.45, 2.75) is 40.0 Å². The number of benzene rings is 2. The highest BCUT2D eigenvalue weighted by atomic mass is 79.9. The summed E-state index contributed by atoms with van der Waals surface area (Å²) in [5.74, 6) is 1.30. The van der Waals surface area contributed by atoms with Crippen LogP contribution in [0.4, 0.5) is 0 Å². The lowest BCUT2D eigenvalue weighted by Crippen LogP contribution is -2.22. The fourth-order valence-corrected chi connectivity index (χ4v) is 4.41. The third-order valence-electron chi connectivity index (χ3n) is 5.81. The van der Waals surface area contributed by atoms with Crippen molar-refractivity contribution < 1.29 is 4.74 Å². The summed E-state index contributed by atoms with van der Waals surface area (Å²) in [6.45, 7) is 6.17. The maximum Gasteiger partial charge on any atom is 0.282 e. The van der Waals surface area contributed by atoms with Crippen molar-refractivity contribution in [3.63, 3.8) is 0 Å². The van der Waals surface area contributed by atoms with Gasteiger partial charge in [0.2, 0.25) is 0 Å². The van der Waals surface area contributed by atoms with Crippen LogP contribution in [0.1, 0.15) is 42.5 Å². The van der Waals surface area contributed by atoms with E-state index < -0.39 is 0 Å². The molecule has 0 saturated heterocycles. The molecule has 0 radical (unpaired) electrons. The zero-order valence-electron chi connectivity index (χ0n) is 20.0. The molecule has 4 aromatic rings. The van der Waals surface area contributed by atoms with Crippen LogP contribution in [0.15, 0.2) is 62.9 Å². The maximum absolute atomic E-state index is 13.3. The average molecular weight is 532 g/mol. The fourth-order valence-electron chi connectivity index (χ4n) is 4.05. The number of ether oxygens (including phenoxy) is 1. The molecule has 0 aliphatic carbocycles. The Hall–Kier alpha value is -3.70. The molecule has 0 amide bonds. The van der Waals surface area contributed by atoms with Gasteiger partial charge in [0.05, 0.1) is 17.1 Å². The van der Waals surface area contributed by atoms with E-state index in [4.69, 9.17) is 15.0 Å². The summed E-state index contributed by atoms with van der Waals surface area (Å²) >= 11 is 3.45. The molecule has 8 heteroatoms. The molecular weight excluding hydrogens is 506 g/mol. The summed E-state index contributed by atoms with van der Waals surface area (Å²) in [6, 6.07) is 17.1. The van der Waals surface area contributed by atoms with Crippen LogP contribution >= 0.6 is 15.9 Å². The van der Waals surface area contributed by atoms with Crippen LogP contribution in [0.25, 0.3) is 16.6 Å². The normalized spacial score (nSPS) is 11.3. The molecule has 0 N–H and O–H groups in total. The molecule has 4 rings (SSSR count). The van der Waals surface area contributed by atoms with Gasteiger partial charge in [0.25, 0.3) is 5.56 Å². The van der Waals surface area contributed by atoms with Gasteiger partial charge in [-0.25, -0.2) is 4.98 Å². The lowest BCUT2D eigenvalue weighted by molar-refractivity contribution is 0.368. The van der Waals surface area contributed by atoms with Gasteiger partial charge in [-0.15, -0.1) is 0 Å². The first-order valence-corrected chi connectivity index (χ1v) is 12.3. The van der Waals surface area contributed by atoms with E-state index in [9.17, 15) is 4.79 Å². The van der Waals surface area contributed by atoms with E-state index in [1.807, 2.05) is 62.4 Å². The Bertz CT molecular complexity index is 1490. The number of aromatic nitrogens is 3. The van der Waals surface area contributed by atoms with Gasteiger partial charge in [0.15, 0.2) is 6.61 Å². The average Bonchev–Trinajstić information content (AvgIpc) is 3.14. The second-order valence-electron chi connectivity index (χ2n) is 8.26. The van der Waals surface area contributed by atoms with Crippen molar-refractivity contribution in [1.82, 2.24) is 14.2 Å². The molecule has 0 aliphatic rings. The molecule has 178 valence electrons. The number of hydrogen-bond donors (Lipinski definition) is 0. The Morgan fingerprint density at radius 3 is 2.66 bits per heavy atom. The van der Waals surface area contributed by atoms with E-state index in [0.29, 0.717) is 28.9 Å². The number of aryl methyl sites for hydroxylation is 2. The highest BCUT2D eigenvalue weighted by molar-refractivity contribution is 9.10. The first kappa shape index (κ1) is 24.4. The summed E-state index contributed by atoms with van der Waals surface area (Å²) in [6.07, 6.45) is 4.33. The van der Waals surface area contributed by atoms with E-state index in [1.54, 1.807) is 12.3 Å². The van der Waals surface area contributed by atoms with Crippen molar-refractivity contribution >= 4 is 33.0 Å². The third kappa shape index (κ3) is 5.20. The minimum absolute atomic E-state index is 0.0156. The number of halogens is 1. The molecule has 2 heterocycles. The van der Waals surface area contributed by atoms with Crippen LogP contribution in [-0.4, -0.2) is 27.0 Å². The van der Waals surface area contributed by atoms with Crippen LogP contribution in [0.5, 0.6) is 5.75 Å². The summed E-state index contributed by atoms with van der Waals surface area (Å²) in [4.78, 5) is 18.1. The summed E-state index contributed by atoms with van der Waals surface area (Å²) in [7, 11) is 0. The zero-order chi connectivity index (χ0) is 24.9. The molecule has 0 unspecified atom stereocenters. The lowest BCUT2D eigenvalue weighted by Gasteiger charge is -2.11. The van der Waals surface area contributed by atoms with Crippen molar-refractivity contribution in [1.29, 1.82) is 5.26 Å². The molecule has 7 nitrogen and oxygen atoms in total. The largest absolute Gasteiger partial charge is 0.479 e. The number of nitrogens with zero attached hydrogens (tertiary/aromatic N) is 5. The van der Waals surface area contributed by atoms with Crippen molar-refractivity contribution in [3.8, 4) is 17.5 Å². The number of hydrogen-bond acceptors (Lipinski definition) is 5. The fraction of sp³-hybridized carbons (Fsp3) is 0.259. The highest BCUT2D eigenvalue weighted by Gasteiger charge is 2.13. The molecule has 2 aromatic carbocycles. The molecule has 0 bridgehead atoms. The Labute approximate surface area is 212 Å². The first-order valence-electron chi connectivity index (χ1n) is 11.5. The Morgan fingerprint density at radius 1 is 1.17 bits per heavy atom. The summed E-state index contributed by atoms with van der Waals surface area (Å²) in [5.41, 5.74) is 4.42. The number of nitriles is 1. The van der Waals surface area contributed by atoms with Crippen molar-refractivity contribution in [3.05, 3.63) is 86.1 Å². The predicted octanol–water partition coefficient (Wildman–Crippen LogP) is 5.69. The number of unbranched alkanes of at least 4 members (excludes halogenated alkanes) is 1. The van der Waals surface area contributed by atoms with Crippen LogP contribution < -0.4 is 10.3 Å². The SMILES string of the molecule is CCCCc1nc2ccc(Br)cc2c(=O)n1N=Cc1cc(C)n(-c2ccc(OCC#N)cc2)c1C. The van der Waals surface area contributed by atoms with Crippen LogP contribution in [0.3, 0.4) is 0 Å². The molecule has 0 aliphatic heterocycles. The molecule has 35 heavy (non-hydrogen) atoms. The summed E-state index contributed by atoms with van der Waals surface area (Å²) in [5, 5.41) is 13.8. The molecule has 0 saturated carbocycles. The van der Waals surface area contributed by atoms with Gasteiger partial charge in [-0.3, -0.25) is 4.79 Å². The van der Waals surface area contributed by atoms with Gasteiger partial charge in [-0.05, 0) is 68.8 Å². The van der Waals surface area contributed by atoms with E-state index >= 15 is 0 Å². The molecule has 0 spiro atoms. The van der Waals surface area contributed by atoms with Crippen LogP contribution in [0.2, 0.25) is 0 Å². The highest BCUT2D eigenvalue weighted by Crippen LogP contribution is 2.22. The van der Waals surface area contributed by atoms with Gasteiger partial charge < -0.3 is 9.30 Å². The third-order valence-corrected chi connectivity index (χ3v) is 6.30. The van der Waals surface area contributed by atoms with Gasteiger partial charge in [0.1, 0.15) is 17.6 Å². The van der Waals surface area contributed by atoms with E-state index in [-0.39, 0.29) is 12.2 Å². The van der Waals surface area contributed by atoms with Gasteiger partial charge >= 0.3 is 0 Å². The Morgan fingerprint density at radius 2 is 1.94 bits per heavy atom. The van der Waals surface area contributed by atoms with E-state index in [2.05, 4.69) is 32.5 Å².